The van der Waals surface area contributed by atoms with Crippen LogP contribution in [-0.2, 0) is 22.6 Å². The van der Waals surface area contributed by atoms with Crippen molar-refractivity contribution in [2.24, 2.45) is 0 Å². The topological polar surface area (TPSA) is 44.8 Å². The average Bonchev–Trinajstić information content (AvgIpc) is 2.45. The second-order valence-corrected chi connectivity index (χ2v) is 5.45. The number of carbonyl (C=O) groups excluding carboxylic acids is 1. The van der Waals surface area contributed by atoms with Gasteiger partial charge in [0.15, 0.2) is 0 Å². The fourth-order valence-corrected chi connectivity index (χ4v) is 2.85. The minimum Gasteiger partial charge on any atom is -0.496 e. The first-order valence-corrected chi connectivity index (χ1v) is 7.20. The van der Waals surface area contributed by atoms with Gasteiger partial charge in [-0.1, -0.05) is 18.7 Å². The number of thioether (sulfide) groups is 1. The molecule has 1 heterocycles. The summed E-state index contributed by atoms with van der Waals surface area (Å²) in [6, 6.07) is 3.74. The first-order chi connectivity index (χ1) is 9.21. The summed E-state index contributed by atoms with van der Waals surface area (Å²) in [4.78, 5) is 11.9. The van der Waals surface area contributed by atoms with Gasteiger partial charge in [-0.05, 0) is 17.9 Å². The molecule has 4 nitrogen and oxygen atoms in total. The van der Waals surface area contributed by atoms with Gasteiger partial charge in [-0.15, -0.1) is 0 Å². The molecule has 0 saturated heterocycles. The number of carbonyl (C=O) groups is 1. The van der Waals surface area contributed by atoms with E-state index in [1.807, 2.05) is 19.1 Å². The maximum Gasteiger partial charge on any atom is 0.218 e. The fourth-order valence-electron chi connectivity index (χ4n) is 2.23. The molecule has 0 bridgehead atoms. The molecule has 0 saturated carbocycles. The van der Waals surface area contributed by atoms with Crippen LogP contribution in [0.3, 0.4) is 0 Å². The number of ether oxygens (including phenoxy) is 3. The highest BCUT2D eigenvalue weighted by Crippen LogP contribution is 2.36. The third-order valence-electron chi connectivity index (χ3n) is 3.15. The Morgan fingerprint density at radius 2 is 1.95 bits per heavy atom. The first kappa shape index (κ1) is 14.2. The lowest BCUT2D eigenvalue weighted by Gasteiger charge is -2.26. The smallest absolute Gasteiger partial charge is 0.218 e. The third-order valence-corrected chi connectivity index (χ3v) is 3.99. The Morgan fingerprint density at radius 3 is 2.53 bits per heavy atom. The molecule has 0 aliphatic carbocycles. The van der Waals surface area contributed by atoms with Gasteiger partial charge in [-0.2, -0.15) is 0 Å². The van der Waals surface area contributed by atoms with Gasteiger partial charge in [0.25, 0.3) is 0 Å². The highest BCUT2D eigenvalue weighted by atomic mass is 32.2. The van der Waals surface area contributed by atoms with Crippen LogP contribution in [0.1, 0.15) is 18.1 Å². The Kier molecular flexibility index (Phi) is 4.71. The molecule has 19 heavy (non-hydrogen) atoms. The van der Waals surface area contributed by atoms with Gasteiger partial charge < -0.3 is 14.2 Å². The van der Waals surface area contributed by atoms with Crippen LogP contribution in [-0.4, -0.2) is 31.2 Å². The van der Waals surface area contributed by atoms with Gasteiger partial charge in [0.1, 0.15) is 17.6 Å². The lowest BCUT2D eigenvalue weighted by Crippen LogP contribution is -2.29. The summed E-state index contributed by atoms with van der Waals surface area (Å²) in [6.45, 7) is 2.35. The van der Waals surface area contributed by atoms with E-state index >= 15 is 0 Å². The fraction of sp³-hybridized carbons (Fsp3) is 0.500. The summed E-state index contributed by atoms with van der Waals surface area (Å²) in [5.41, 5.74) is 2.00. The van der Waals surface area contributed by atoms with Gasteiger partial charge in [-0.25, -0.2) is 0 Å². The van der Waals surface area contributed by atoms with E-state index in [1.54, 1.807) is 14.2 Å². The summed E-state index contributed by atoms with van der Waals surface area (Å²) in [6.07, 6.45) is 0.153. The average molecular weight is 282 g/mol. The van der Waals surface area contributed by atoms with Crippen molar-refractivity contribution < 1.29 is 19.0 Å². The second kappa shape index (κ2) is 6.30. The Balaban J connectivity index is 2.30. The zero-order chi connectivity index (χ0) is 13.8. The van der Waals surface area contributed by atoms with E-state index in [0.29, 0.717) is 13.0 Å². The molecule has 5 heteroatoms. The lowest BCUT2D eigenvalue weighted by atomic mass is 9.97. The van der Waals surface area contributed by atoms with Crippen molar-refractivity contribution in [1.82, 2.24) is 0 Å². The van der Waals surface area contributed by atoms with Gasteiger partial charge in [0, 0.05) is 17.5 Å². The molecule has 0 amide bonds. The van der Waals surface area contributed by atoms with E-state index < -0.39 is 6.10 Å². The Bertz CT molecular complexity index is 473. The molecule has 1 aliphatic heterocycles. The van der Waals surface area contributed by atoms with Gasteiger partial charge >= 0.3 is 0 Å². The minimum atomic E-state index is -0.390. The van der Waals surface area contributed by atoms with E-state index in [-0.39, 0.29) is 5.12 Å². The summed E-state index contributed by atoms with van der Waals surface area (Å²) >= 11 is 1.30. The number of methoxy groups -OCH3 is 2. The zero-order valence-electron chi connectivity index (χ0n) is 11.4. The summed E-state index contributed by atoms with van der Waals surface area (Å²) in [5, 5.41) is 0.0815. The van der Waals surface area contributed by atoms with E-state index in [1.165, 1.54) is 11.8 Å². The minimum absolute atomic E-state index is 0.0815. The maximum absolute atomic E-state index is 11.9. The normalized spacial score (nSPS) is 17.7. The molecule has 0 fully saturated rings. The standard InChI is InChI=1S/C14H18O4S/c1-4-19-14(15)13-7-9-10(8-18-13)12(17-3)6-5-11(9)16-2/h5-6,13H,4,7-8H2,1-3H3. The van der Waals surface area contributed by atoms with Crippen molar-refractivity contribution in [1.29, 1.82) is 0 Å². The molecule has 104 valence electrons. The quantitative estimate of drug-likeness (QED) is 0.848. The Labute approximate surface area is 117 Å². The molecule has 1 aliphatic rings. The van der Waals surface area contributed by atoms with Crippen LogP contribution in [0.15, 0.2) is 12.1 Å². The van der Waals surface area contributed by atoms with Gasteiger partial charge in [0.2, 0.25) is 5.12 Å². The Hall–Kier alpha value is -1.20. The summed E-state index contributed by atoms with van der Waals surface area (Å²) < 4.78 is 16.4. The molecular formula is C14H18O4S. The monoisotopic (exact) mass is 282 g/mol. The van der Waals surface area contributed by atoms with Crippen LogP contribution in [0, 0.1) is 0 Å². The third kappa shape index (κ3) is 2.87. The van der Waals surface area contributed by atoms with Crippen LogP contribution in [0.5, 0.6) is 11.5 Å². The molecule has 1 aromatic rings. The van der Waals surface area contributed by atoms with Crippen molar-refractivity contribution in [2.45, 2.75) is 26.1 Å². The van der Waals surface area contributed by atoms with Crippen molar-refractivity contribution >= 4 is 16.9 Å². The largest absolute Gasteiger partial charge is 0.496 e. The van der Waals surface area contributed by atoms with Crippen LogP contribution in [0.2, 0.25) is 0 Å². The molecule has 1 aromatic carbocycles. The molecule has 0 aromatic heterocycles. The Morgan fingerprint density at radius 1 is 1.32 bits per heavy atom. The highest BCUT2D eigenvalue weighted by Gasteiger charge is 2.29. The zero-order valence-corrected chi connectivity index (χ0v) is 12.2. The molecule has 2 rings (SSSR count). The molecule has 1 unspecified atom stereocenters. The van der Waals surface area contributed by atoms with Crippen molar-refractivity contribution in [3.63, 3.8) is 0 Å². The number of rotatable bonds is 4. The van der Waals surface area contributed by atoms with Crippen molar-refractivity contribution in [3.8, 4) is 11.5 Å². The molecule has 0 spiro atoms. The summed E-state index contributed by atoms with van der Waals surface area (Å²) in [7, 11) is 3.27. The molecule has 1 atom stereocenters. The molecule has 0 radical (unpaired) electrons. The van der Waals surface area contributed by atoms with Crippen LogP contribution in [0.25, 0.3) is 0 Å². The number of benzene rings is 1. The van der Waals surface area contributed by atoms with E-state index in [9.17, 15) is 4.79 Å². The van der Waals surface area contributed by atoms with Crippen LogP contribution in [0.4, 0.5) is 0 Å². The predicted octanol–water partition coefficient (Wildman–Crippen LogP) is 2.42. The van der Waals surface area contributed by atoms with Crippen molar-refractivity contribution in [2.75, 3.05) is 20.0 Å². The van der Waals surface area contributed by atoms with E-state index in [4.69, 9.17) is 14.2 Å². The van der Waals surface area contributed by atoms with E-state index in [0.717, 1.165) is 28.4 Å². The van der Waals surface area contributed by atoms with Gasteiger partial charge in [0.05, 0.1) is 20.8 Å². The van der Waals surface area contributed by atoms with Crippen molar-refractivity contribution in [3.05, 3.63) is 23.3 Å². The van der Waals surface area contributed by atoms with Gasteiger partial charge in [-0.3, -0.25) is 4.79 Å². The molecule has 0 N–H and O–H groups in total. The first-order valence-electron chi connectivity index (χ1n) is 6.22. The molecular weight excluding hydrogens is 264 g/mol. The lowest BCUT2D eigenvalue weighted by molar-refractivity contribution is -0.123. The SMILES string of the molecule is CCSC(=O)C1Cc2c(OC)ccc(OC)c2CO1. The van der Waals surface area contributed by atoms with E-state index in [2.05, 4.69) is 0 Å². The number of hydrogen-bond donors (Lipinski definition) is 0. The summed E-state index contributed by atoms with van der Waals surface area (Å²) in [5.74, 6) is 2.34. The number of fused-ring (bicyclic) bond motifs is 1. The number of hydrogen-bond acceptors (Lipinski definition) is 5. The maximum atomic E-state index is 11.9. The van der Waals surface area contributed by atoms with Crippen LogP contribution >= 0.6 is 11.8 Å². The van der Waals surface area contributed by atoms with Crippen LogP contribution < -0.4 is 9.47 Å². The second-order valence-electron chi connectivity index (χ2n) is 4.18. The predicted molar refractivity (Wildman–Crippen MR) is 75.0 cm³/mol. The highest BCUT2D eigenvalue weighted by molar-refractivity contribution is 8.13.